The maximum atomic E-state index is 11.6. The van der Waals surface area contributed by atoms with Crippen LogP contribution in [0.5, 0.6) is 0 Å². The van der Waals surface area contributed by atoms with E-state index in [2.05, 4.69) is 15.5 Å². The monoisotopic (exact) mass is 220 g/mol. The quantitative estimate of drug-likeness (QED) is 0.707. The largest absolute Gasteiger partial charge is 0.356 e. The fraction of sp³-hybridized carbons (Fsp3) is 0.400. The molecule has 1 aromatic heterocycles. The number of rotatable bonds is 2. The summed E-state index contributed by atoms with van der Waals surface area (Å²) in [5.74, 6) is 0.109. The molecule has 16 heavy (non-hydrogen) atoms. The number of nitrogens with one attached hydrogen (secondary N) is 1. The van der Waals surface area contributed by atoms with Crippen molar-refractivity contribution in [1.29, 1.82) is 0 Å². The van der Waals surface area contributed by atoms with Gasteiger partial charge in [-0.15, -0.1) is 5.10 Å². The van der Waals surface area contributed by atoms with Crippen molar-refractivity contribution in [3.63, 3.8) is 0 Å². The average molecular weight is 220 g/mol. The summed E-state index contributed by atoms with van der Waals surface area (Å²) in [4.78, 5) is 24.0. The second kappa shape index (κ2) is 3.88. The van der Waals surface area contributed by atoms with Gasteiger partial charge in [0, 0.05) is 7.05 Å². The van der Waals surface area contributed by atoms with E-state index in [9.17, 15) is 9.59 Å². The Labute approximate surface area is 92.7 Å². The number of nitrogens with zero attached hydrogens (tertiary/aromatic N) is 3. The average Bonchev–Trinajstić information content (AvgIpc) is 2.47. The van der Waals surface area contributed by atoms with Crippen LogP contribution >= 0.6 is 0 Å². The minimum absolute atomic E-state index is 0.172. The van der Waals surface area contributed by atoms with Gasteiger partial charge >= 0.3 is 0 Å². The first-order valence-corrected chi connectivity index (χ1v) is 4.94. The predicted molar refractivity (Wildman–Crippen MR) is 56.6 cm³/mol. The summed E-state index contributed by atoms with van der Waals surface area (Å²) in [7, 11) is 1.48. The van der Waals surface area contributed by atoms with Crippen molar-refractivity contribution in [3.8, 4) is 0 Å². The predicted octanol–water partition coefficient (Wildman–Crippen LogP) is -0.0458. The van der Waals surface area contributed by atoms with Gasteiger partial charge in [0.25, 0.3) is 5.91 Å². The molecule has 1 unspecified atom stereocenters. The van der Waals surface area contributed by atoms with Crippen molar-refractivity contribution in [2.75, 3.05) is 12.4 Å². The lowest BCUT2D eigenvalue weighted by Crippen LogP contribution is -2.32. The minimum Gasteiger partial charge on any atom is -0.356 e. The third-order valence-corrected chi connectivity index (χ3v) is 2.49. The normalized spacial score (nSPS) is 20.4. The fourth-order valence-corrected chi connectivity index (χ4v) is 1.58. The summed E-state index contributed by atoms with van der Waals surface area (Å²) >= 11 is 0. The van der Waals surface area contributed by atoms with E-state index in [4.69, 9.17) is 0 Å². The molecule has 0 aliphatic carbocycles. The lowest BCUT2D eigenvalue weighted by molar-refractivity contribution is -0.136. The van der Waals surface area contributed by atoms with Crippen LogP contribution in [0.2, 0.25) is 0 Å². The highest BCUT2D eigenvalue weighted by atomic mass is 16.2. The van der Waals surface area contributed by atoms with Gasteiger partial charge in [-0.3, -0.25) is 14.5 Å². The summed E-state index contributed by atoms with van der Waals surface area (Å²) in [5, 5.41) is 10.5. The van der Waals surface area contributed by atoms with Crippen LogP contribution in [0.4, 0.5) is 5.82 Å². The zero-order chi connectivity index (χ0) is 11.7. The van der Waals surface area contributed by atoms with Gasteiger partial charge in [-0.1, -0.05) is 0 Å². The molecule has 1 aliphatic heterocycles. The van der Waals surface area contributed by atoms with Gasteiger partial charge < -0.3 is 5.32 Å². The number of hydrogen-bond donors (Lipinski definition) is 1. The van der Waals surface area contributed by atoms with E-state index >= 15 is 0 Å². The number of likely N-dealkylation sites (N-methyl/N-ethyl adjacent to an activating group) is 1. The number of carbonyl (C=O) groups excluding carboxylic acids is 2. The molecule has 6 nitrogen and oxygen atoms in total. The topological polar surface area (TPSA) is 75.2 Å². The summed E-state index contributed by atoms with van der Waals surface area (Å²) in [5.41, 5.74) is 0.947. The Balaban J connectivity index is 2.12. The van der Waals surface area contributed by atoms with Gasteiger partial charge in [-0.2, -0.15) is 5.10 Å². The van der Waals surface area contributed by atoms with Crippen LogP contribution < -0.4 is 5.32 Å². The standard InChI is InChI=1S/C10H12N4O2/c1-6-3-8(13-11-5-6)12-7-4-9(15)14(2)10(7)16/h3,5,7H,4H2,1-2H3,(H,12,13). The first-order valence-electron chi connectivity index (χ1n) is 4.94. The van der Waals surface area contributed by atoms with Crippen LogP contribution in [0.3, 0.4) is 0 Å². The van der Waals surface area contributed by atoms with E-state index in [0.717, 1.165) is 10.5 Å². The molecule has 0 saturated carbocycles. The Morgan fingerprint density at radius 2 is 2.25 bits per heavy atom. The molecule has 2 heterocycles. The van der Waals surface area contributed by atoms with Crippen LogP contribution in [0, 0.1) is 6.92 Å². The zero-order valence-corrected chi connectivity index (χ0v) is 9.10. The first-order chi connectivity index (χ1) is 7.58. The fourth-order valence-electron chi connectivity index (χ4n) is 1.58. The molecule has 1 saturated heterocycles. The SMILES string of the molecule is Cc1cnnc(NC2CC(=O)N(C)C2=O)c1. The molecule has 2 amide bonds. The van der Waals surface area contributed by atoms with Crippen LogP contribution in [0.25, 0.3) is 0 Å². The van der Waals surface area contributed by atoms with Gasteiger partial charge in [0.05, 0.1) is 12.6 Å². The van der Waals surface area contributed by atoms with Crippen LogP contribution in [-0.2, 0) is 9.59 Å². The Kier molecular flexibility index (Phi) is 2.55. The second-order valence-electron chi connectivity index (χ2n) is 3.81. The maximum Gasteiger partial charge on any atom is 0.251 e. The van der Waals surface area contributed by atoms with Gasteiger partial charge in [0.15, 0.2) is 0 Å². The number of aromatic nitrogens is 2. The van der Waals surface area contributed by atoms with Gasteiger partial charge in [-0.25, -0.2) is 0 Å². The van der Waals surface area contributed by atoms with Crippen LogP contribution in [0.15, 0.2) is 12.3 Å². The zero-order valence-electron chi connectivity index (χ0n) is 9.10. The molecular formula is C10H12N4O2. The Bertz CT molecular complexity index is 446. The van der Waals surface area contributed by atoms with Crippen molar-refractivity contribution >= 4 is 17.6 Å². The van der Waals surface area contributed by atoms with Crippen molar-refractivity contribution in [1.82, 2.24) is 15.1 Å². The van der Waals surface area contributed by atoms with E-state index in [1.54, 1.807) is 12.3 Å². The highest BCUT2D eigenvalue weighted by molar-refractivity contribution is 6.06. The lowest BCUT2D eigenvalue weighted by Gasteiger charge is -2.11. The highest BCUT2D eigenvalue weighted by Crippen LogP contribution is 2.15. The van der Waals surface area contributed by atoms with E-state index in [0.29, 0.717) is 5.82 Å². The lowest BCUT2D eigenvalue weighted by atomic mass is 10.2. The van der Waals surface area contributed by atoms with E-state index < -0.39 is 6.04 Å². The molecule has 2 rings (SSSR count). The molecule has 0 radical (unpaired) electrons. The molecule has 1 N–H and O–H groups in total. The number of imide groups is 1. The number of likely N-dealkylation sites (tertiary alicyclic amines) is 1. The smallest absolute Gasteiger partial charge is 0.251 e. The van der Waals surface area contributed by atoms with Crippen LogP contribution in [0.1, 0.15) is 12.0 Å². The van der Waals surface area contributed by atoms with E-state index in [1.165, 1.54) is 7.05 Å². The van der Waals surface area contributed by atoms with E-state index in [-0.39, 0.29) is 18.2 Å². The maximum absolute atomic E-state index is 11.6. The molecular weight excluding hydrogens is 208 g/mol. The number of aryl methyl sites for hydroxylation is 1. The van der Waals surface area contributed by atoms with Gasteiger partial charge in [0.2, 0.25) is 5.91 Å². The second-order valence-corrected chi connectivity index (χ2v) is 3.81. The van der Waals surface area contributed by atoms with Gasteiger partial charge in [0.1, 0.15) is 11.9 Å². The third kappa shape index (κ3) is 1.86. The Morgan fingerprint density at radius 1 is 1.50 bits per heavy atom. The Morgan fingerprint density at radius 3 is 2.81 bits per heavy atom. The minimum atomic E-state index is -0.520. The molecule has 0 bridgehead atoms. The summed E-state index contributed by atoms with van der Waals surface area (Å²) in [6.45, 7) is 1.88. The number of amides is 2. The number of hydrogen-bond acceptors (Lipinski definition) is 5. The summed E-state index contributed by atoms with van der Waals surface area (Å²) in [6.07, 6.45) is 1.80. The summed E-state index contributed by atoms with van der Waals surface area (Å²) in [6, 6.07) is 1.26. The van der Waals surface area contributed by atoms with Gasteiger partial charge in [-0.05, 0) is 18.6 Å². The molecule has 1 fully saturated rings. The molecule has 84 valence electrons. The Hall–Kier alpha value is -1.98. The number of carbonyl (C=O) groups is 2. The van der Waals surface area contributed by atoms with Crippen molar-refractivity contribution in [2.45, 2.75) is 19.4 Å². The molecule has 6 heteroatoms. The molecule has 1 aliphatic rings. The molecule has 1 aromatic rings. The summed E-state index contributed by atoms with van der Waals surface area (Å²) < 4.78 is 0. The molecule has 1 atom stereocenters. The number of anilines is 1. The van der Waals surface area contributed by atoms with Crippen molar-refractivity contribution in [2.24, 2.45) is 0 Å². The molecule has 0 aromatic carbocycles. The highest BCUT2D eigenvalue weighted by Gasteiger charge is 2.36. The van der Waals surface area contributed by atoms with Crippen molar-refractivity contribution < 1.29 is 9.59 Å². The first kappa shape index (κ1) is 10.5. The van der Waals surface area contributed by atoms with E-state index in [1.807, 2.05) is 6.92 Å². The van der Waals surface area contributed by atoms with Crippen LogP contribution in [-0.4, -0.2) is 40.0 Å². The third-order valence-electron chi connectivity index (χ3n) is 2.49. The van der Waals surface area contributed by atoms with Crippen molar-refractivity contribution in [3.05, 3.63) is 17.8 Å². The molecule has 0 spiro atoms.